The standard InChI is InChI=1S/C10H16N2O5/c1-6(10(15)16)9(14)12-3-4-17-5-7(12)8(13)11-2/h6-7H,3-5H2,1-2H3,(H,11,13)(H,15,16). The van der Waals surface area contributed by atoms with Crippen LogP contribution in [0.1, 0.15) is 6.92 Å². The van der Waals surface area contributed by atoms with Gasteiger partial charge in [-0.05, 0) is 6.92 Å². The molecule has 1 heterocycles. The third-order valence-electron chi connectivity index (χ3n) is 2.70. The molecule has 1 fully saturated rings. The maximum atomic E-state index is 11.9. The molecule has 0 aromatic rings. The van der Waals surface area contributed by atoms with Crippen LogP contribution in [0.25, 0.3) is 0 Å². The van der Waals surface area contributed by atoms with E-state index in [1.165, 1.54) is 18.9 Å². The number of ether oxygens (including phenoxy) is 1. The van der Waals surface area contributed by atoms with Gasteiger partial charge in [-0.1, -0.05) is 0 Å². The Hall–Kier alpha value is -1.63. The van der Waals surface area contributed by atoms with Gasteiger partial charge in [-0.3, -0.25) is 14.4 Å². The van der Waals surface area contributed by atoms with Crippen LogP contribution >= 0.6 is 0 Å². The van der Waals surface area contributed by atoms with E-state index in [4.69, 9.17) is 9.84 Å². The largest absolute Gasteiger partial charge is 0.481 e. The van der Waals surface area contributed by atoms with Gasteiger partial charge in [0.1, 0.15) is 12.0 Å². The summed E-state index contributed by atoms with van der Waals surface area (Å²) in [5.41, 5.74) is 0. The monoisotopic (exact) mass is 244 g/mol. The van der Waals surface area contributed by atoms with Gasteiger partial charge in [0.2, 0.25) is 11.8 Å². The average molecular weight is 244 g/mol. The Morgan fingerprint density at radius 1 is 1.47 bits per heavy atom. The summed E-state index contributed by atoms with van der Waals surface area (Å²) in [6, 6.07) is -0.747. The van der Waals surface area contributed by atoms with Crippen LogP contribution in [-0.4, -0.2) is 60.6 Å². The number of rotatable bonds is 3. The Morgan fingerprint density at radius 3 is 2.65 bits per heavy atom. The first-order chi connectivity index (χ1) is 7.99. The van der Waals surface area contributed by atoms with Crippen molar-refractivity contribution in [3.63, 3.8) is 0 Å². The second kappa shape index (κ2) is 5.62. The highest BCUT2D eigenvalue weighted by Crippen LogP contribution is 2.12. The molecule has 1 aliphatic heterocycles. The zero-order valence-electron chi connectivity index (χ0n) is 9.80. The molecule has 2 N–H and O–H groups in total. The number of likely N-dealkylation sites (N-methyl/N-ethyl adjacent to an activating group) is 1. The third kappa shape index (κ3) is 2.94. The lowest BCUT2D eigenvalue weighted by molar-refractivity contribution is -0.158. The van der Waals surface area contributed by atoms with Crippen LogP contribution in [-0.2, 0) is 19.1 Å². The minimum absolute atomic E-state index is 0.0950. The molecule has 0 bridgehead atoms. The van der Waals surface area contributed by atoms with Crippen molar-refractivity contribution in [2.75, 3.05) is 26.8 Å². The summed E-state index contributed by atoms with van der Waals surface area (Å²) in [5.74, 6) is -3.26. The summed E-state index contributed by atoms with van der Waals surface area (Å²) >= 11 is 0. The Balaban J connectivity index is 2.81. The minimum atomic E-state index is -1.20. The van der Waals surface area contributed by atoms with Crippen molar-refractivity contribution in [2.24, 2.45) is 5.92 Å². The van der Waals surface area contributed by atoms with Crippen LogP contribution in [0.2, 0.25) is 0 Å². The maximum absolute atomic E-state index is 11.9. The van der Waals surface area contributed by atoms with Crippen LogP contribution in [0.3, 0.4) is 0 Å². The lowest BCUT2D eigenvalue weighted by atomic mass is 10.1. The number of carbonyl (C=O) groups excluding carboxylic acids is 2. The van der Waals surface area contributed by atoms with Gasteiger partial charge in [0, 0.05) is 13.6 Å². The smallest absolute Gasteiger partial charge is 0.315 e. The van der Waals surface area contributed by atoms with Gasteiger partial charge < -0.3 is 20.1 Å². The molecule has 1 aliphatic rings. The fraction of sp³-hybridized carbons (Fsp3) is 0.700. The number of hydrogen-bond acceptors (Lipinski definition) is 4. The molecular formula is C10H16N2O5. The van der Waals surface area contributed by atoms with E-state index in [0.29, 0.717) is 6.61 Å². The van der Waals surface area contributed by atoms with Crippen molar-refractivity contribution >= 4 is 17.8 Å². The average Bonchev–Trinajstić information content (AvgIpc) is 2.35. The van der Waals surface area contributed by atoms with Crippen molar-refractivity contribution in [3.05, 3.63) is 0 Å². The van der Waals surface area contributed by atoms with E-state index in [9.17, 15) is 14.4 Å². The van der Waals surface area contributed by atoms with Gasteiger partial charge in [0.15, 0.2) is 0 Å². The van der Waals surface area contributed by atoms with Crippen molar-refractivity contribution < 1.29 is 24.2 Å². The Bertz CT molecular complexity index is 331. The maximum Gasteiger partial charge on any atom is 0.315 e. The third-order valence-corrected chi connectivity index (χ3v) is 2.70. The summed E-state index contributed by atoms with van der Waals surface area (Å²) in [4.78, 5) is 35.4. The number of aliphatic carboxylic acids is 1. The number of amides is 2. The van der Waals surface area contributed by atoms with E-state index >= 15 is 0 Å². The zero-order valence-corrected chi connectivity index (χ0v) is 9.80. The highest BCUT2D eigenvalue weighted by atomic mass is 16.5. The first-order valence-electron chi connectivity index (χ1n) is 5.31. The van der Waals surface area contributed by atoms with Gasteiger partial charge in [0.05, 0.1) is 13.2 Å². The van der Waals surface area contributed by atoms with Gasteiger partial charge in [-0.2, -0.15) is 0 Å². The zero-order chi connectivity index (χ0) is 13.0. The topological polar surface area (TPSA) is 95.9 Å². The minimum Gasteiger partial charge on any atom is -0.481 e. The Kier molecular flexibility index (Phi) is 4.45. The Morgan fingerprint density at radius 2 is 2.12 bits per heavy atom. The van der Waals surface area contributed by atoms with Crippen molar-refractivity contribution in [1.82, 2.24) is 10.2 Å². The van der Waals surface area contributed by atoms with E-state index in [0.717, 1.165) is 0 Å². The number of carboxylic acid groups (broad SMARTS) is 1. The highest BCUT2D eigenvalue weighted by molar-refractivity contribution is 5.98. The molecule has 7 nitrogen and oxygen atoms in total. The molecule has 0 aliphatic carbocycles. The molecule has 0 radical (unpaired) electrons. The number of nitrogens with one attached hydrogen (secondary N) is 1. The van der Waals surface area contributed by atoms with Gasteiger partial charge in [0.25, 0.3) is 0 Å². The molecule has 1 saturated heterocycles. The number of nitrogens with zero attached hydrogens (tertiary/aromatic N) is 1. The van der Waals surface area contributed by atoms with Crippen LogP contribution in [0.4, 0.5) is 0 Å². The quantitative estimate of drug-likeness (QED) is 0.600. The van der Waals surface area contributed by atoms with E-state index in [1.54, 1.807) is 0 Å². The molecule has 7 heteroatoms. The predicted molar refractivity (Wildman–Crippen MR) is 57.2 cm³/mol. The SMILES string of the molecule is CNC(=O)C1COCCN1C(=O)C(C)C(=O)O. The van der Waals surface area contributed by atoms with Crippen LogP contribution in [0.5, 0.6) is 0 Å². The molecule has 0 aromatic carbocycles. The molecule has 2 amide bonds. The van der Waals surface area contributed by atoms with Gasteiger partial charge in [-0.25, -0.2) is 0 Å². The van der Waals surface area contributed by atoms with Crippen molar-refractivity contribution in [1.29, 1.82) is 0 Å². The molecule has 0 spiro atoms. The van der Waals surface area contributed by atoms with Crippen LogP contribution in [0, 0.1) is 5.92 Å². The molecule has 2 unspecified atom stereocenters. The number of carboxylic acids is 1. The number of morpholine rings is 1. The second-order valence-corrected chi connectivity index (χ2v) is 3.80. The summed E-state index contributed by atoms with van der Waals surface area (Å²) in [5, 5.41) is 11.2. The summed E-state index contributed by atoms with van der Waals surface area (Å²) in [7, 11) is 1.46. The van der Waals surface area contributed by atoms with Crippen LogP contribution < -0.4 is 5.32 Å². The lowest BCUT2D eigenvalue weighted by Gasteiger charge is -2.35. The molecule has 1 rings (SSSR count). The van der Waals surface area contributed by atoms with Crippen LogP contribution in [0.15, 0.2) is 0 Å². The molecule has 96 valence electrons. The normalized spacial score (nSPS) is 21.8. The first kappa shape index (κ1) is 13.4. The molecule has 17 heavy (non-hydrogen) atoms. The van der Waals surface area contributed by atoms with Gasteiger partial charge >= 0.3 is 5.97 Å². The Labute approximate surface area is 98.7 Å². The molecule has 2 atom stereocenters. The van der Waals surface area contributed by atoms with E-state index < -0.39 is 23.8 Å². The molecule has 0 saturated carbocycles. The number of carbonyl (C=O) groups is 3. The second-order valence-electron chi connectivity index (χ2n) is 3.80. The first-order valence-corrected chi connectivity index (χ1v) is 5.31. The number of hydrogen-bond donors (Lipinski definition) is 2. The van der Waals surface area contributed by atoms with E-state index in [1.807, 2.05) is 0 Å². The molecule has 0 aromatic heterocycles. The predicted octanol–water partition coefficient (Wildman–Crippen LogP) is -1.32. The fourth-order valence-corrected chi connectivity index (χ4v) is 1.61. The highest BCUT2D eigenvalue weighted by Gasteiger charge is 2.36. The lowest BCUT2D eigenvalue weighted by Crippen LogP contribution is -2.57. The summed E-state index contributed by atoms with van der Waals surface area (Å²) in [6.07, 6.45) is 0. The van der Waals surface area contributed by atoms with E-state index in [2.05, 4.69) is 5.32 Å². The summed E-state index contributed by atoms with van der Waals surface area (Å²) in [6.45, 7) is 1.94. The fourth-order valence-electron chi connectivity index (χ4n) is 1.61. The summed E-state index contributed by atoms with van der Waals surface area (Å²) < 4.78 is 5.12. The van der Waals surface area contributed by atoms with Crippen molar-refractivity contribution in [2.45, 2.75) is 13.0 Å². The van der Waals surface area contributed by atoms with E-state index in [-0.39, 0.29) is 19.1 Å². The van der Waals surface area contributed by atoms with Crippen molar-refractivity contribution in [3.8, 4) is 0 Å². The van der Waals surface area contributed by atoms with Gasteiger partial charge in [-0.15, -0.1) is 0 Å². The molecular weight excluding hydrogens is 228 g/mol.